The van der Waals surface area contributed by atoms with Gasteiger partial charge < -0.3 is 10.5 Å². The Morgan fingerprint density at radius 1 is 1.40 bits per heavy atom. The first-order chi connectivity index (χ1) is 9.14. The molecule has 20 heavy (non-hydrogen) atoms. The van der Waals surface area contributed by atoms with Gasteiger partial charge >= 0.3 is 0 Å². The highest BCUT2D eigenvalue weighted by Gasteiger charge is 2.30. The highest BCUT2D eigenvalue weighted by molar-refractivity contribution is 7.91. The Morgan fingerprint density at radius 2 is 2.10 bits per heavy atom. The van der Waals surface area contributed by atoms with E-state index in [1.54, 1.807) is 21.8 Å². The van der Waals surface area contributed by atoms with Crippen LogP contribution >= 0.6 is 23.7 Å². The van der Waals surface area contributed by atoms with E-state index < -0.39 is 10.0 Å². The average molecular weight is 341 g/mol. The largest absolute Gasteiger partial charge is 0.378 e. The highest BCUT2D eigenvalue weighted by atomic mass is 35.5. The van der Waals surface area contributed by atoms with Crippen molar-refractivity contribution < 1.29 is 13.2 Å². The third-order valence-electron chi connectivity index (χ3n) is 3.19. The summed E-state index contributed by atoms with van der Waals surface area (Å²) in [5, 5.41) is 1.79. The lowest BCUT2D eigenvalue weighted by atomic mass is 10.1. The maximum atomic E-state index is 12.3. The van der Waals surface area contributed by atoms with Crippen LogP contribution in [0.3, 0.4) is 0 Å². The number of hydrogen-bond acceptors (Lipinski definition) is 5. The Kier molecular flexibility index (Phi) is 7.42. The number of hydrogen-bond donors (Lipinski definition) is 1. The van der Waals surface area contributed by atoms with E-state index in [4.69, 9.17) is 10.5 Å². The number of nitrogens with zero attached hydrogens (tertiary/aromatic N) is 1. The van der Waals surface area contributed by atoms with Gasteiger partial charge in [0.05, 0.1) is 6.10 Å². The predicted molar refractivity (Wildman–Crippen MR) is 83.0 cm³/mol. The molecule has 0 unspecified atom stereocenters. The minimum atomic E-state index is -3.29. The Balaban J connectivity index is 0.00000200. The van der Waals surface area contributed by atoms with Crippen molar-refractivity contribution in [2.45, 2.75) is 29.6 Å². The topological polar surface area (TPSA) is 72.6 Å². The van der Waals surface area contributed by atoms with E-state index >= 15 is 0 Å². The summed E-state index contributed by atoms with van der Waals surface area (Å²) in [6.07, 6.45) is 2.54. The summed E-state index contributed by atoms with van der Waals surface area (Å²) in [6, 6.07) is 3.42. The van der Waals surface area contributed by atoms with E-state index in [-0.39, 0.29) is 18.5 Å². The van der Waals surface area contributed by atoms with E-state index in [1.807, 2.05) is 0 Å². The lowest BCUT2D eigenvalue weighted by molar-refractivity contribution is 0.0209. The van der Waals surface area contributed by atoms with Gasteiger partial charge in [-0.2, -0.15) is 4.31 Å². The Bertz CT molecular complexity index is 471. The van der Waals surface area contributed by atoms with Crippen molar-refractivity contribution in [3.05, 3.63) is 17.5 Å². The molecule has 0 saturated carbocycles. The predicted octanol–water partition coefficient (Wildman–Crippen LogP) is 1.69. The minimum Gasteiger partial charge on any atom is -0.378 e. The normalized spacial score (nSPS) is 17.9. The molecule has 1 aliphatic heterocycles. The van der Waals surface area contributed by atoms with Crippen LogP contribution in [0.4, 0.5) is 0 Å². The summed E-state index contributed by atoms with van der Waals surface area (Å²) < 4.78 is 32.2. The highest BCUT2D eigenvalue weighted by Crippen LogP contribution is 2.24. The molecule has 1 aromatic rings. The third-order valence-corrected chi connectivity index (χ3v) is 6.46. The Labute approximate surface area is 130 Å². The fourth-order valence-electron chi connectivity index (χ4n) is 2.11. The number of ether oxygens (including phenoxy) is 1. The van der Waals surface area contributed by atoms with Crippen LogP contribution in [0.5, 0.6) is 0 Å². The molecule has 0 amide bonds. The first kappa shape index (κ1) is 17.9. The maximum Gasteiger partial charge on any atom is 0.252 e. The van der Waals surface area contributed by atoms with Crippen LogP contribution in [0.25, 0.3) is 0 Å². The molecule has 0 spiro atoms. The molecular formula is C12H21ClN2O3S2. The van der Waals surface area contributed by atoms with Gasteiger partial charge in [0.15, 0.2) is 0 Å². The zero-order valence-electron chi connectivity index (χ0n) is 11.2. The molecule has 5 nitrogen and oxygen atoms in total. The van der Waals surface area contributed by atoms with E-state index in [1.165, 1.54) is 11.3 Å². The molecule has 116 valence electrons. The molecule has 0 bridgehead atoms. The van der Waals surface area contributed by atoms with Gasteiger partial charge in [-0.3, -0.25) is 0 Å². The summed E-state index contributed by atoms with van der Waals surface area (Å²) in [4.78, 5) is 0. The second-order valence-corrected chi connectivity index (χ2v) is 7.66. The average Bonchev–Trinajstić information content (AvgIpc) is 2.94. The molecule has 1 fully saturated rings. The van der Waals surface area contributed by atoms with Gasteiger partial charge in [-0.15, -0.1) is 23.7 Å². The van der Waals surface area contributed by atoms with Crippen molar-refractivity contribution in [3.63, 3.8) is 0 Å². The quantitative estimate of drug-likeness (QED) is 0.800. The molecular weight excluding hydrogens is 320 g/mol. The summed E-state index contributed by atoms with van der Waals surface area (Å²) in [7, 11) is -3.29. The van der Waals surface area contributed by atoms with Crippen molar-refractivity contribution in [2.75, 3.05) is 26.2 Å². The van der Waals surface area contributed by atoms with Gasteiger partial charge in [0.25, 0.3) is 10.0 Å². The molecule has 2 rings (SSSR count). The van der Waals surface area contributed by atoms with Crippen LogP contribution in [-0.2, 0) is 14.8 Å². The zero-order chi connectivity index (χ0) is 13.7. The number of nitrogens with two attached hydrogens (primary N) is 1. The molecule has 2 heterocycles. The van der Waals surface area contributed by atoms with Gasteiger partial charge in [-0.1, -0.05) is 6.07 Å². The van der Waals surface area contributed by atoms with E-state index in [9.17, 15) is 8.42 Å². The van der Waals surface area contributed by atoms with Crippen LogP contribution in [0.15, 0.2) is 21.7 Å². The van der Waals surface area contributed by atoms with Crippen LogP contribution in [0, 0.1) is 0 Å². The molecule has 0 aliphatic carbocycles. The summed E-state index contributed by atoms with van der Waals surface area (Å²) in [5.41, 5.74) is 5.41. The second kappa shape index (κ2) is 8.31. The number of rotatable bonds is 6. The fourth-order valence-corrected chi connectivity index (χ4v) is 4.72. The van der Waals surface area contributed by atoms with E-state index in [2.05, 4.69) is 0 Å². The van der Waals surface area contributed by atoms with Crippen molar-refractivity contribution >= 4 is 33.8 Å². The van der Waals surface area contributed by atoms with Crippen molar-refractivity contribution in [2.24, 2.45) is 5.73 Å². The molecule has 8 heteroatoms. The van der Waals surface area contributed by atoms with Gasteiger partial charge in [0.2, 0.25) is 0 Å². The lowest BCUT2D eigenvalue weighted by Gasteiger charge is -2.30. The molecule has 1 saturated heterocycles. The number of piperidine rings is 1. The smallest absolute Gasteiger partial charge is 0.252 e. The van der Waals surface area contributed by atoms with Gasteiger partial charge in [0.1, 0.15) is 4.21 Å². The number of thiophene rings is 1. The van der Waals surface area contributed by atoms with Crippen LogP contribution < -0.4 is 5.73 Å². The number of sulfonamides is 1. The maximum absolute atomic E-state index is 12.3. The van der Waals surface area contributed by atoms with Crippen molar-refractivity contribution in [1.29, 1.82) is 0 Å². The summed E-state index contributed by atoms with van der Waals surface area (Å²) in [5.74, 6) is 0. The lowest BCUT2D eigenvalue weighted by Crippen LogP contribution is -2.40. The first-order valence-electron chi connectivity index (χ1n) is 6.50. The Hall–Kier alpha value is -0.180. The van der Waals surface area contributed by atoms with Gasteiger partial charge in [-0.05, 0) is 37.3 Å². The SMILES string of the molecule is Cl.NCCCOC1CCN(S(=O)(=O)c2cccs2)CC1. The van der Waals surface area contributed by atoms with Gasteiger partial charge in [0, 0.05) is 19.7 Å². The zero-order valence-corrected chi connectivity index (χ0v) is 13.7. The van der Waals surface area contributed by atoms with Crippen LogP contribution in [0.1, 0.15) is 19.3 Å². The van der Waals surface area contributed by atoms with E-state index in [0.717, 1.165) is 19.3 Å². The van der Waals surface area contributed by atoms with E-state index in [0.29, 0.717) is 30.5 Å². The number of halogens is 1. The van der Waals surface area contributed by atoms with Gasteiger partial charge in [-0.25, -0.2) is 8.42 Å². The molecule has 0 aromatic carbocycles. The summed E-state index contributed by atoms with van der Waals surface area (Å²) >= 11 is 1.27. The third kappa shape index (κ3) is 4.41. The molecule has 1 aliphatic rings. The second-order valence-electron chi connectivity index (χ2n) is 4.55. The molecule has 1 aromatic heterocycles. The molecule has 0 atom stereocenters. The van der Waals surface area contributed by atoms with Crippen LogP contribution in [0.2, 0.25) is 0 Å². The fraction of sp³-hybridized carbons (Fsp3) is 0.667. The summed E-state index contributed by atoms with van der Waals surface area (Å²) in [6.45, 7) is 2.37. The first-order valence-corrected chi connectivity index (χ1v) is 8.82. The monoisotopic (exact) mass is 340 g/mol. The Morgan fingerprint density at radius 3 is 2.65 bits per heavy atom. The van der Waals surface area contributed by atoms with Crippen molar-refractivity contribution in [1.82, 2.24) is 4.31 Å². The molecule has 2 N–H and O–H groups in total. The minimum absolute atomic E-state index is 0. The van der Waals surface area contributed by atoms with Crippen LogP contribution in [-0.4, -0.2) is 45.1 Å². The molecule has 0 radical (unpaired) electrons. The van der Waals surface area contributed by atoms with Crippen molar-refractivity contribution in [3.8, 4) is 0 Å². The standard InChI is InChI=1S/C12H20N2O3S2.ClH/c13-6-2-9-17-11-4-7-14(8-5-11)19(15,16)12-3-1-10-18-12;/h1,3,10-11H,2,4-9,13H2;1H.